The summed E-state index contributed by atoms with van der Waals surface area (Å²) >= 11 is 5.98. The molecule has 2 amide bonds. The van der Waals surface area contributed by atoms with Crippen LogP contribution in [0.5, 0.6) is 0 Å². The normalized spacial score (nSPS) is 32.4. The number of thioether (sulfide) groups is 3. The molecule has 3 nitrogen and oxygen atoms in total. The van der Waals surface area contributed by atoms with Crippen molar-refractivity contribution in [3.63, 3.8) is 0 Å². The predicted molar refractivity (Wildman–Crippen MR) is 89.4 cm³/mol. The molecular formula is C13H24N2OS3. The molecule has 19 heavy (non-hydrogen) atoms. The van der Waals surface area contributed by atoms with E-state index in [-0.39, 0.29) is 14.9 Å². The quantitative estimate of drug-likeness (QED) is 0.807. The van der Waals surface area contributed by atoms with E-state index in [2.05, 4.69) is 24.1 Å². The Morgan fingerprint density at radius 3 is 2.53 bits per heavy atom. The van der Waals surface area contributed by atoms with E-state index in [0.29, 0.717) is 12.5 Å². The highest BCUT2D eigenvalue weighted by Gasteiger charge is 2.63. The number of likely N-dealkylation sites (tertiary alicyclic amines) is 1. The van der Waals surface area contributed by atoms with Gasteiger partial charge < -0.3 is 10.2 Å². The third-order valence-electron chi connectivity index (χ3n) is 4.57. The predicted octanol–water partition coefficient (Wildman–Crippen LogP) is 2.97. The summed E-state index contributed by atoms with van der Waals surface area (Å²) in [5.41, 5.74) is 0. The van der Waals surface area contributed by atoms with Gasteiger partial charge in [0.05, 0.1) is 8.83 Å². The van der Waals surface area contributed by atoms with Crippen molar-refractivity contribution in [3.8, 4) is 0 Å². The van der Waals surface area contributed by atoms with Crippen LogP contribution in [0.15, 0.2) is 0 Å². The summed E-state index contributed by atoms with van der Waals surface area (Å²) in [5.74, 6) is 0.612. The SMILES string of the molecule is CCNC(=O)N1CC2CCC(SC)(C1)C2(SC)SC. The molecule has 1 aliphatic carbocycles. The van der Waals surface area contributed by atoms with Gasteiger partial charge in [0.2, 0.25) is 0 Å². The van der Waals surface area contributed by atoms with Crippen LogP contribution in [0, 0.1) is 5.92 Å². The molecule has 2 rings (SSSR count). The molecule has 1 heterocycles. The van der Waals surface area contributed by atoms with Gasteiger partial charge in [0.1, 0.15) is 0 Å². The fourth-order valence-corrected chi connectivity index (χ4v) is 8.55. The molecule has 0 aromatic carbocycles. The van der Waals surface area contributed by atoms with Crippen LogP contribution < -0.4 is 5.32 Å². The summed E-state index contributed by atoms with van der Waals surface area (Å²) in [4.78, 5) is 14.2. The summed E-state index contributed by atoms with van der Waals surface area (Å²) in [6.45, 7) is 4.49. The first-order valence-corrected chi connectivity index (χ1v) is 10.4. The van der Waals surface area contributed by atoms with E-state index in [0.717, 1.165) is 13.1 Å². The molecule has 1 saturated carbocycles. The number of hydrogen-bond donors (Lipinski definition) is 1. The Morgan fingerprint density at radius 1 is 1.32 bits per heavy atom. The lowest BCUT2D eigenvalue weighted by Gasteiger charge is -2.52. The number of rotatable bonds is 4. The van der Waals surface area contributed by atoms with Crippen LogP contribution in [0.2, 0.25) is 0 Å². The van der Waals surface area contributed by atoms with Gasteiger partial charge in [0.25, 0.3) is 0 Å². The first-order chi connectivity index (χ1) is 9.09. The van der Waals surface area contributed by atoms with Crippen molar-refractivity contribution in [2.75, 3.05) is 38.4 Å². The smallest absolute Gasteiger partial charge is 0.317 e. The maximum Gasteiger partial charge on any atom is 0.317 e. The number of nitrogens with zero attached hydrogens (tertiary/aromatic N) is 1. The second-order valence-corrected chi connectivity index (χ2v) is 8.78. The molecule has 0 aromatic heterocycles. The highest BCUT2D eigenvalue weighted by atomic mass is 32.2. The molecule has 2 unspecified atom stereocenters. The molecule has 0 spiro atoms. The second-order valence-electron chi connectivity index (χ2n) is 5.23. The highest BCUT2D eigenvalue weighted by Crippen LogP contribution is 2.64. The fourth-order valence-electron chi connectivity index (χ4n) is 3.70. The molecule has 6 heteroatoms. The number of fused-ring (bicyclic) bond motifs is 2. The molecule has 2 fully saturated rings. The molecule has 1 N–H and O–H groups in total. The molecule has 0 aromatic rings. The van der Waals surface area contributed by atoms with Crippen molar-refractivity contribution < 1.29 is 4.79 Å². The summed E-state index contributed by atoms with van der Waals surface area (Å²) in [6.07, 6.45) is 9.17. The van der Waals surface area contributed by atoms with Crippen LogP contribution in [0.1, 0.15) is 19.8 Å². The van der Waals surface area contributed by atoms with Gasteiger partial charge >= 0.3 is 6.03 Å². The maximum atomic E-state index is 12.2. The molecule has 1 aliphatic heterocycles. The van der Waals surface area contributed by atoms with E-state index in [4.69, 9.17) is 0 Å². The topological polar surface area (TPSA) is 32.3 Å². The van der Waals surface area contributed by atoms with Crippen molar-refractivity contribution in [2.24, 2.45) is 5.92 Å². The zero-order valence-electron chi connectivity index (χ0n) is 12.2. The molecule has 2 atom stereocenters. The van der Waals surface area contributed by atoms with Crippen molar-refractivity contribution >= 4 is 41.3 Å². The molecular weight excluding hydrogens is 296 g/mol. The minimum Gasteiger partial charge on any atom is -0.338 e. The molecule has 2 bridgehead atoms. The lowest BCUT2D eigenvalue weighted by molar-refractivity contribution is 0.167. The first-order valence-electron chi connectivity index (χ1n) is 6.77. The number of piperidine rings is 1. The minimum absolute atomic E-state index is 0.114. The van der Waals surface area contributed by atoms with Gasteiger partial charge in [-0.2, -0.15) is 11.8 Å². The Kier molecular flexibility index (Phi) is 4.94. The van der Waals surface area contributed by atoms with E-state index >= 15 is 0 Å². The van der Waals surface area contributed by atoms with Crippen LogP contribution in [0.3, 0.4) is 0 Å². The van der Waals surface area contributed by atoms with Gasteiger partial charge in [0.15, 0.2) is 0 Å². The van der Waals surface area contributed by atoms with E-state index in [1.807, 2.05) is 47.1 Å². The zero-order valence-corrected chi connectivity index (χ0v) is 14.6. The summed E-state index contributed by atoms with van der Waals surface area (Å²) in [7, 11) is 0. The van der Waals surface area contributed by atoms with Crippen molar-refractivity contribution in [1.82, 2.24) is 10.2 Å². The largest absolute Gasteiger partial charge is 0.338 e. The van der Waals surface area contributed by atoms with Gasteiger partial charge in [-0.15, -0.1) is 23.5 Å². The second kappa shape index (κ2) is 5.98. The van der Waals surface area contributed by atoms with E-state index in [9.17, 15) is 4.79 Å². The highest BCUT2D eigenvalue weighted by molar-refractivity contribution is 8.19. The van der Waals surface area contributed by atoms with Crippen molar-refractivity contribution in [2.45, 2.75) is 28.6 Å². The third-order valence-corrected chi connectivity index (χ3v) is 9.92. The van der Waals surface area contributed by atoms with Crippen molar-refractivity contribution in [3.05, 3.63) is 0 Å². The Morgan fingerprint density at radius 2 is 2.00 bits per heavy atom. The number of hydrogen-bond acceptors (Lipinski definition) is 4. The van der Waals surface area contributed by atoms with Crippen LogP contribution in [0.4, 0.5) is 4.79 Å². The number of nitrogens with one attached hydrogen (secondary N) is 1. The Bertz CT molecular complexity index is 349. The number of carbonyl (C=O) groups excluding carboxylic acids is 1. The number of carbonyl (C=O) groups is 1. The maximum absolute atomic E-state index is 12.2. The molecule has 0 radical (unpaired) electrons. The molecule has 1 saturated heterocycles. The van der Waals surface area contributed by atoms with E-state index in [1.165, 1.54) is 12.8 Å². The fraction of sp³-hybridized carbons (Fsp3) is 0.923. The lowest BCUT2D eigenvalue weighted by atomic mass is 9.96. The van der Waals surface area contributed by atoms with Crippen LogP contribution in [-0.4, -0.2) is 58.2 Å². The van der Waals surface area contributed by atoms with Crippen LogP contribution in [0.25, 0.3) is 0 Å². The zero-order chi connectivity index (χ0) is 14.1. The summed E-state index contributed by atoms with van der Waals surface area (Å²) < 4.78 is 0.481. The lowest BCUT2D eigenvalue weighted by Crippen LogP contribution is -2.62. The van der Waals surface area contributed by atoms with Gasteiger partial charge in [0, 0.05) is 25.6 Å². The van der Waals surface area contributed by atoms with Crippen LogP contribution >= 0.6 is 35.3 Å². The van der Waals surface area contributed by atoms with E-state index in [1.54, 1.807) is 0 Å². The monoisotopic (exact) mass is 320 g/mol. The van der Waals surface area contributed by atoms with Gasteiger partial charge in [-0.25, -0.2) is 4.79 Å². The number of urea groups is 1. The summed E-state index contributed by atoms with van der Waals surface area (Å²) in [6, 6.07) is 0.114. The Labute approximate surface area is 129 Å². The summed E-state index contributed by atoms with van der Waals surface area (Å²) in [5, 5.41) is 2.95. The van der Waals surface area contributed by atoms with E-state index < -0.39 is 0 Å². The minimum atomic E-state index is 0.114. The number of amides is 2. The molecule has 2 aliphatic rings. The Balaban J connectivity index is 2.26. The molecule has 110 valence electrons. The van der Waals surface area contributed by atoms with Gasteiger partial charge in [-0.3, -0.25) is 0 Å². The average Bonchev–Trinajstić information content (AvgIpc) is 2.59. The first kappa shape index (κ1) is 15.7. The van der Waals surface area contributed by atoms with Crippen molar-refractivity contribution in [1.29, 1.82) is 0 Å². The van der Waals surface area contributed by atoms with Crippen LogP contribution in [-0.2, 0) is 0 Å². The van der Waals surface area contributed by atoms with Gasteiger partial charge in [-0.1, -0.05) is 0 Å². The van der Waals surface area contributed by atoms with Gasteiger partial charge in [-0.05, 0) is 38.5 Å². The third kappa shape index (κ3) is 2.27. The average molecular weight is 321 g/mol. The standard InChI is InChI=1S/C13H24N2OS3/c1-5-14-11(16)15-8-10-6-7-12(9-15,17-2)13(10,18-3)19-4/h10H,5-9H2,1-4H3,(H,14,16). The Hall–Kier alpha value is 0.320.